The van der Waals surface area contributed by atoms with Gasteiger partial charge < -0.3 is 5.11 Å². The highest BCUT2D eigenvalue weighted by Gasteiger charge is 2.17. The van der Waals surface area contributed by atoms with Gasteiger partial charge in [-0.3, -0.25) is 5.10 Å². The molecule has 5 nitrogen and oxygen atoms in total. The molecule has 0 spiro atoms. The van der Waals surface area contributed by atoms with Gasteiger partial charge in [-0.2, -0.15) is 5.10 Å². The summed E-state index contributed by atoms with van der Waals surface area (Å²) in [6.07, 6.45) is 0. The van der Waals surface area contributed by atoms with E-state index in [0.29, 0.717) is 21.4 Å². The SMILES string of the molecule is O=S(=O)(CCO)c1ccc(-c2[nH]nc(Cl)c2-c2ccc(Cl)cc2)cc1. The zero-order valence-electron chi connectivity index (χ0n) is 12.9. The molecule has 1 aromatic heterocycles. The van der Waals surface area contributed by atoms with Crippen molar-refractivity contribution >= 4 is 33.0 Å². The Morgan fingerprint density at radius 2 is 1.56 bits per heavy atom. The topological polar surface area (TPSA) is 83.0 Å². The fraction of sp³-hybridized carbons (Fsp3) is 0.118. The number of benzene rings is 2. The minimum absolute atomic E-state index is 0.156. The summed E-state index contributed by atoms with van der Waals surface area (Å²) in [6.45, 7) is -0.416. The van der Waals surface area contributed by atoms with Crippen molar-refractivity contribution in [1.82, 2.24) is 10.2 Å². The second-order valence-corrected chi connectivity index (χ2v) is 8.24. The molecule has 0 aliphatic rings. The number of sulfone groups is 1. The molecule has 0 aliphatic heterocycles. The Hall–Kier alpha value is -1.86. The van der Waals surface area contributed by atoms with Gasteiger partial charge in [0.05, 0.1) is 22.9 Å². The van der Waals surface area contributed by atoms with Gasteiger partial charge in [0, 0.05) is 16.1 Å². The van der Waals surface area contributed by atoms with Crippen molar-refractivity contribution < 1.29 is 13.5 Å². The van der Waals surface area contributed by atoms with E-state index in [1.54, 1.807) is 24.3 Å². The molecule has 1 heterocycles. The van der Waals surface area contributed by atoms with Crippen molar-refractivity contribution in [2.45, 2.75) is 4.90 Å². The molecule has 3 aromatic rings. The lowest BCUT2D eigenvalue weighted by Crippen LogP contribution is -2.09. The molecule has 2 N–H and O–H groups in total. The number of nitrogens with one attached hydrogen (secondary N) is 1. The summed E-state index contributed by atoms with van der Waals surface area (Å²) < 4.78 is 24.0. The standard InChI is InChI=1S/C17H14Cl2N2O3S/c18-13-5-1-11(2-6-13)15-16(20-21-17(15)19)12-3-7-14(8-4-12)25(23,24)10-9-22/h1-8,22H,9-10H2,(H,20,21). The third-order valence-electron chi connectivity index (χ3n) is 3.72. The van der Waals surface area contributed by atoms with E-state index in [4.69, 9.17) is 28.3 Å². The van der Waals surface area contributed by atoms with Crippen LogP contribution in [0.4, 0.5) is 0 Å². The highest BCUT2D eigenvalue weighted by Crippen LogP contribution is 2.36. The molecule has 0 bridgehead atoms. The van der Waals surface area contributed by atoms with Gasteiger partial charge in [0.2, 0.25) is 0 Å². The van der Waals surface area contributed by atoms with Crippen LogP contribution < -0.4 is 0 Å². The van der Waals surface area contributed by atoms with Gasteiger partial charge in [-0.25, -0.2) is 8.42 Å². The van der Waals surface area contributed by atoms with Gasteiger partial charge in [0.1, 0.15) is 0 Å². The Balaban J connectivity index is 2.02. The normalized spacial score (nSPS) is 11.6. The molecule has 2 aromatic carbocycles. The smallest absolute Gasteiger partial charge is 0.180 e. The minimum atomic E-state index is -3.49. The Labute approximate surface area is 155 Å². The van der Waals surface area contributed by atoms with Gasteiger partial charge in [0.15, 0.2) is 15.0 Å². The molecule has 0 radical (unpaired) electrons. The first-order valence-electron chi connectivity index (χ1n) is 7.36. The lowest BCUT2D eigenvalue weighted by molar-refractivity contribution is 0.319. The lowest BCUT2D eigenvalue weighted by Gasteiger charge is -2.07. The van der Waals surface area contributed by atoms with Crippen LogP contribution >= 0.6 is 23.2 Å². The number of rotatable bonds is 5. The summed E-state index contributed by atoms with van der Waals surface area (Å²) in [6, 6.07) is 13.5. The molecule has 0 amide bonds. The van der Waals surface area contributed by atoms with Gasteiger partial charge in [-0.1, -0.05) is 47.5 Å². The number of hydrogen-bond donors (Lipinski definition) is 2. The molecule has 0 atom stereocenters. The molecule has 0 unspecified atom stereocenters. The summed E-state index contributed by atoms with van der Waals surface area (Å²) in [5.41, 5.74) is 2.98. The number of aromatic amines is 1. The van der Waals surface area contributed by atoms with Crippen LogP contribution in [0, 0.1) is 0 Å². The molecule has 25 heavy (non-hydrogen) atoms. The van der Waals surface area contributed by atoms with Crippen LogP contribution in [0.2, 0.25) is 10.2 Å². The molecule has 130 valence electrons. The highest BCUT2D eigenvalue weighted by atomic mass is 35.5. The van der Waals surface area contributed by atoms with E-state index >= 15 is 0 Å². The van der Waals surface area contributed by atoms with E-state index in [2.05, 4.69) is 10.2 Å². The molecule has 0 fully saturated rings. The first-order valence-corrected chi connectivity index (χ1v) is 9.77. The minimum Gasteiger partial charge on any atom is -0.395 e. The van der Waals surface area contributed by atoms with Crippen LogP contribution in [0.25, 0.3) is 22.4 Å². The van der Waals surface area contributed by atoms with Crippen molar-refractivity contribution in [3.63, 3.8) is 0 Å². The number of halogens is 2. The molecule has 0 aliphatic carbocycles. The molecule has 8 heteroatoms. The van der Waals surface area contributed by atoms with E-state index in [0.717, 1.165) is 11.1 Å². The first-order chi connectivity index (χ1) is 11.9. The van der Waals surface area contributed by atoms with E-state index < -0.39 is 16.4 Å². The Morgan fingerprint density at radius 3 is 2.16 bits per heavy atom. The largest absolute Gasteiger partial charge is 0.395 e. The predicted molar refractivity (Wildman–Crippen MR) is 98.6 cm³/mol. The van der Waals surface area contributed by atoms with Crippen molar-refractivity contribution in [1.29, 1.82) is 0 Å². The number of aliphatic hydroxyl groups excluding tert-OH is 1. The Kier molecular flexibility index (Phi) is 5.15. The van der Waals surface area contributed by atoms with Crippen molar-refractivity contribution in [3.8, 4) is 22.4 Å². The summed E-state index contributed by atoms with van der Waals surface area (Å²) in [5, 5.41) is 16.7. The van der Waals surface area contributed by atoms with Crippen molar-refractivity contribution in [3.05, 3.63) is 58.7 Å². The second-order valence-electron chi connectivity index (χ2n) is 5.34. The Bertz CT molecular complexity index is 982. The van der Waals surface area contributed by atoms with Gasteiger partial charge in [-0.05, 0) is 29.8 Å². The number of aliphatic hydroxyl groups is 1. The van der Waals surface area contributed by atoms with Crippen LogP contribution in [0.15, 0.2) is 53.4 Å². The fourth-order valence-electron chi connectivity index (χ4n) is 2.48. The summed E-state index contributed by atoms with van der Waals surface area (Å²) in [7, 11) is -3.49. The zero-order valence-corrected chi connectivity index (χ0v) is 15.2. The molecule has 3 rings (SSSR count). The maximum Gasteiger partial charge on any atom is 0.180 e. The van der Waals surface area contributed by atoms with E-state index in [-0.39, 0.29) is 10.6 Å². The number of H-pyrrole nitrogens is 1. The van der Waals surface area contributed by atoms with Crippen LogP contribution in [0.1, 0.15) is 0 Å². The third kappa shape index (κ3) is 3.72. The molecular formula is C17H14Cl2N2O3S. The van der Waals surface area contributed by atoms with Gasteiger partial charge in [0.25, 0.3) is 0 Å². The summed E-state index contributed by atoms with van der Waals surface area (Å²) in [5.74, 6) is -0.307. The lowest BCUT2D eigenvalue weighted by atomic mass is 10.0. The van der Waals surface area contributed by atoms with Crippen LogP contribution in [-0.2, 0) is 9.84 Å². The van der Waals surface area contributed by atoms with Gasteiger partial charge in [-0.15, -0.1) is 0 Å². The van der Waals surface area contributed by atoms with Crippen molar-refractivity contribution in [2.75, 3.05) is 12.4 Å². The summed E-state index contributed by atoms with van der Waals surface area (Å²) >= 11 is 12.1. The number of nitrogens with zero attached hydrogens (tertiary/aromatic N) is 1. The maximum absolute atomic E-state index is 12.0. The monoisotopic (exact) mass is 396 g/mol. The molecule has 0 saturated carbocycles. The van der Waals surface area contributed by atoms with Crippen LogP contribution in [-0.4, -0.2) is 36.1 Å². The average molecular weight is 397 g/mol. The molecular weight excluding hydrogens is 383 g/mol. The van der Waals surface area contributed by atoms with E-state index in [9.17, 15) is 8.42 Å². The van der Waals surface area contributed by atoms with Crippen LogP contribution in [0.3, 0.4) is 0 Å². The highest BCUT2D eigenvalue weighted by molar-refractivity contribution is 7.91. The molecule has 0 saturated heterocycles. The predicted octanol–water partition coefficient (Wildman–Crippen LogP) is 3.82. The first kappa shape index (κ1) is 17.9. The van der Waals surface area contributed by atoms with Crippen molar-refractivity contribution in [2.24, 2.45) is 0 Å². The fourth-order valence-corrected chi connectivity index (χ4v) is 3.87. The Morgan fingerprint density at radius 1 is 0.960 bits per heavy atom. The second kappa shape index (κ2) is 7.17. The van der Waals surface area contributed by atoms with Crippen LogP contribution in [0.5, 0.6) is 0 Å². The number of hydrogen-bond acceptors (Lipinski definition) is 4. The van der Waals surface area contributed by atoms with E-state index in [1.807, 2.05) is 12.1 Å². The summed E-state index contributed by atoms with van der Waals surface area (Å²) in [4.78, 5) is 0.156. The maximum atomic E-state index is 12.0. The number of aromatic nitrogens is 2. The quantitative estimate of drug-likeness (QED) is 0.686. The van der Waals surface area contributed by atoms with Gasteiger partial charge >= 0.3 is 0 Å². The zero-order chi connectivity index (χ0) is 18.0. The average Bonchev–Trinajstić information content (AvgIpc) is 2.97. The third-order valence-corrected chi connectivity index (χ3v) is 5.95. The van der Waals surface area contributed by atoms with E-state index in [1.165, 1.54) is 12.1 Å².